The number of carbonyl (C=O) groups excluding carboxylic acids is 1. The summed E-state index contributed by atoms with van der Waals surface area (Å²) < 4.78 is 0. The van der Waals surface area contributed by atoms with Crippen molar-refractivity contribution in [1.82, 2.24) is 0 Å². The monoisotopic (exact) mass is 288 g/mol. The Morgan fingerprint density at radius 1 is 0.818 bits per heavy atom. The van der Waals surface area contributed by atoms with E-state index in [9.17, 15) is 4.79 Å². The maximum atomic E-state index is 12.1. The summed E-state index contributed by atoms with van der Waals surface area (Å²) >= 11 is 0. The molecule has 1 atom stereocenters. The number of hydrogen-bond donors (Lipinski definition) is 2. The van der Waals surface area contributed by atoms with E-state index in [0.29, 0.717) is 6.42 Å². The second-order valence-electron chi connectivity index (χ2n) is 5.60. The van der Waals surface area contributed by atoms with Crippen LogP contribution in [0.3, 0.4) is 0 Å². The predicted molar refractivity (Wildman–Crippen MR) is 90.0 cm³/mol. The van der Waals surface area contributed by atoms with E-state index < -0.39 is 0 Å². The molecule has 1 heterocycles. The van der Waals surface area contributed by atoms with Crippen LogP contribution in [0.4, 0.5) is 11.4 Å². The zero-order valence-corrected chi connectivity index (χ0v) is 12.0. The number of hydrogen-bond acceptors (Lipinski definition) is 2. The molecule has 0 saturated carbocycles. The zero-order chi connectivity index (χ0) is 14.9. The van der Waals surface area contributed by atoms with Crippen LogP contribution in [0.2, 0.25) is 0 Å². The summed E-state index contributed by atoms with van der Waals surface area (Å²) in [6.07, 6.45) is 0.424. The van der Waals surface area contributed by atoms with Crippen molar-refractivity contribution in [3.8, 4) is 0 Å². The fraction of sp³-hybridized carbons (Fsp3) is 0.105. The molecule has 1 aliphatic rings. The van der Waals surface area contributed by atoms with Crippen LogP contribution in [0.15, 0.2) is 66.7 Å². The number of rotatable bonds is 1. The number of nitrogens with one attached hydrogen (secondary N) is 2. The van der Waals surface area contributed by atoms with E-state index >= 15 is 0 Å². The van der Waals surface area contributed by atoms with Gasteiger partial charge in [0.25, 0.3) is 0 Å². The molecule has 3 aromatic carbocycles. The van der Waals surface area contributed by atoms with Gasteiger partial charge in [-0.25, -0.2) is 0 Å². The summed E-state index contributed by atoms with van der Waals surface area (Å²) in [7, 11) is 0. The van der Waals surface area contributed by atoms with Gasteiger partial charge in [0, 0.05) is 0 Å². The van der Waals surface area contributed by atoms with E-state index in [0.717, 1.165) is 16.9 Å². The first-order chi connectivity index (χ1) is 10.8. The summed E-state index contributed by atoms with van der Waals surface area (Å²) in [5, 5.41) is 8.85. The Balaban J connectivity index is 1.75. The first-order valence-corrected chi connectivity index (χ1v) is 7.44. The highest BCUT2D eigenvalue weighted by atomic mass is 16.1. The number of amides is 1. The number of benzene rings is 3. The molecule has 22 heavy (non-hydrogen) atoms. The Labute approximate surface area is 129 Å². The van der Waals surface area contributed by atoms with Crippen LogP contribution in [0.5, 0.6) is 0 Å². The topological polar surface area (TPSA) is 41.1 Å². The maximum absolute atomic E-state index is 12.1. The van der Waals surface area contributed by atoms with E-state index in [1.165, 1.54) is 10.8 Å². The van der Waals surface area contributed by atoms with E-state index in [1.807, 2.05) is 36.4 Å². The molecule has 0 saturated heterocycles. The smallest absolute Gasteiger partial charge is 0.226 e. The Bertz CT molecular complexity index is 857. The summed E-state index contributed by atoms with van der Waals surface area (Å²) in [6, 6.07) is 22.4. The van der Waals surface area contributed by atoms with Crippen LogP contribution in [0.1, 0.15) is 18.0 Å². The molecular weight excluding hydrogens is 272 g/mol. The third-order valence-corrected chi connectivity index (χ3v) is 4.10. The molecule has 0 unspecified atom stereocenters. The van der Waals surface area contributed by atoms with Crippen molar-refractivity contribution in [2.75, 3.05) is 10.6 Å². The normalized spacial score (nSPS) is 17.3. The minimum absolute atomic E-state index is 0.0201. The fourth-order valence-corrected chi connectivity index (χ4v) is 2.97. The second-order valence-corrected chi connectivity index (χ2v) is 5.60. The van der Waals surface area contributed by atoms with Gasteiger partial charge in [-0.2, -0.15) is 0 Å². The molecule has 3 nitrogen and oxygen atoms in total. The number of carbonyl (C=O) groups is 1. The maximum Gasteiger partial charge on any atom is 0.226 e. The highest BCUT2D eigenvalue weighted by Gasteiger charge is 2.21. The van der Waals surface area contributed by atoms with Crippen molar-refractivity contribution >= 4 is 28.1 Å². The zero-order valence-electron chi connectivity index (χ0n) is 12.0. The van der Waals surface area contributed by atoms with Gasteiger partial charge < -0.3 is 10.6 Å². The van der Waals surface area contributed by atoms with Gasteiger partial charge in [-0.3, -0.25) is 4.79 Å². The van der Waals surface area contributed by atoms with Gasteiger partial charge in [0.1, 0.15) is 0 Å². The lowest BCUT2D eigenvalue weighted by Crippen LogP contribution is -2.15. The molecule has 0 aromatic heterocycles. The number of fused-ring (bicyclic) bond motifs is 2. The summed E-state index contributed by atoms with van der Waals surface area (Å²) in [4.78, 5) is 12.1. The van der Waals surface area contributed by atoms with E-state index in [-0.39, 0.29) is 11.9 Å². The molecular formula is C19H16N2O. The van der Waals surface area contributed by atoms with Gasteiger partial charge in [-0.1, -0.05) is 48.5 Å². The molecule has 3 heteroatoms. The largest absolute Gasteiger partial charge is 0.376 e. The van der Waals surface area contributed by atoms with E-state index in [1.54, 1.807) is 0 Å². The molecule has 0 aliphatic carbocycles. The molecule has 0 bridgehead atoms. The molecule has 0 fully saturated rings. The molecule has 3 aromatic rings. The van der Waals surface area contributed by atoms with Gasteiger partial charge >= 0.3 is 0 Å². The van der Waals surface area contributed by atoms with Gasteiger partial charge in [0.2, 0.25) is 5.91 Å². The number of para-hydroxylation sites is 2. The van der Waals surface area contributed by atoms with E-state index in [2.05, 4.69) is 41.0 Å². The van der Waals surface area contributed by atoms with Crippen molar-refractivity contribution in [1.29, 1.82) is 0 Å². The minimum atomic E-state index is -0.0201. The van der Waals surface area contributed by atoms with Gasteiger partial charge in [-0.15, -0.1) is 0 Å². The van der Waals surface area contributed by atoms with Gasteiger partial charge in [0.15, 0.2) is 0 Å². The standard InChI is InChI=1S/C19H16N2O/c22-19-12-18(20-16-7-3-4-8-17(16)21-19)15-10-9-13-5-1-2-6-14(13)11-15/h1-11,18,20H,12H2,(H,21,22)/t18-/m1/s1. The van der Waals surface area contributed by atoms with Crippen LogP contribution >= 0.6 is 0 Å². The van der Waals surface area contributed by atoms with Gasteiger partial charge in [0.05, 0.1) is 23.8 Å². The van der Waals surface area contributed by atoms with Crippen molar-refractivity contribution in [3.05, 3.63) is 72.3 Å². The minimum Gasteiger partial charge on any atom is -0.376 e. The Morgan fingerprint density at radius 2 is 1.55 bits per heavy atom. The highest BCUT2D eigenvalue weighted by molar-refractivity contribution is 5.96. The Kier molecular flexibility index (Phi) is 3.04. The first-order valence-electron chi connectivity index (χ1n) is 7.44. The van der Waals surface area contributed by atoms with Crippen LogP contribution in [0.25, 0.3) is 10.8 Å². The SMILES string of the molecule is O=C1C[C@H](c2ccc3ccccc3c2)Nc2ccccc2N1. The predicted octanol–water partition coefficient (Wildman–Crippen LogP) is 4.34. The van der Waals surface area contributed by atoms with Crippen LogP contribution in [-0.2, 0) is 4.79 Å². The Hall–Kier alpha value is -2.81. The lowest BCUT2D eigenvalue weighted by atomic mass is 9.99. The molecule has 1 aliphatic heterocycles. The van der Waals surface area contributed by atoms with Crippen molar-refractivity contribution in [3.63, 3.8) is 0 Å². The van der Waals surface area contributed by atoms with Crippen molar-refractivity contribution < 1.29 is 4.79 Å². The van der Waals surface area contributed by atoms with Crippen LogP contribution in [0, 0.1) is 0 Å². The van der Waals surface area contributed by atoms with Gasteiger partial charge in [-0.05, 0) is 34.5 Å². The average molecular weight is 288 g/mol. The Morgan fingerprint density at radius 3 is 2.41 bits per heavy atom. The molecule has 0 spiro atoms. The van der Waals surface area contributed by atoms with E-state index in [4.69, 9.17) is 0 Å². The highest BCUT2D eigenvalue weighted by Crippen LogP contribution is 2.32. The van der Waals surface area contributed by atoms with Crippen LogP contribution in [-0.4, -0.2) is 5.91 Å². The molecule has 2 N–H and O–H groups in total. The van der Waals surface area contributed by atoms with Crippen LogP contribution < -0.4 is 10.6 Å². The molecule has 108 valence electrons. The summed E-state index contributed by atoms with van der Waals surface area (Å²) in [5.74, 6) is 0.0376. The average Bonchev–Trinajstić information content (AvgIpc) is 2.72. The molecule has 0 radical (unpaired) electrons. The van der Waals surface area contributed by atoms with Crippen molar-refractivity contribution in [2.24, 2.45) is 0 Å². The third kappa shape index (κ3) is 2.31. The fourth-order valence-electron chi connectivity index (χ4n) is 2.97. The second kappa shape index (κ2) is 5.19. The summed E-state index contributed by atoms with van der Waals surface area (Å²) in [5.41, 5.74) is 2.94. The quantitative estimate of drug-likeness (QED) is 0.699. The third-order valence-electron chi connectivity index (χ3n) is 4.10. The summed E-state index contributed by atoms with van der Waals surface area (Å²) in [6.45, 7) is 0. The lowest BCUT2D eigenvalue weighted by Gasteiger charge is -2.18. The van der Waals surface area contributed by atoms with Crippen molar-refractivity contribution in [2.45, 2.75) is 12.5 Å². The number of anilines is 2. The molecule has 4 rings (SSSR count). The lowest BCUT2D eigenvalue weighted by molar-refractivity contribution is -0.116. The molecule has 1 amide bonds. The first kappa shape index (κ1) is 12.9.